The van der Waals surface area contributed by atoms with Crippen LogP contribution in [0.4, 0.5) is 13.2 Å². The Morgan fingerprint density at radius 2 is 1.80 bits per heavy atom. The minimum atomic E-state index is -3.08. The van der Waals surface area contributed by atoms with E-state index in [0.717, 1.165) is 37.8 Å². The number of hydrogen-bond acceptors (Lipinski definition) is 5. The minimum Gasteiger partial charge on any atom is -0.432 e. The van der Waals surface area contributed by atoms with E-state index in [4.69, 9.17) is 18.9 Å². The average molecular weight is 430 g/mol. The molecule has 1 aromatic carbocycles. The summed E-state index contributed by atoms with van der Waals surface area (Å²) >= 11 is 0. The van der Waals surface area contributed by atoms with Gasteiger partial charge >= 0.3 is 6.61 Å². The van der Waals surface area contributed by atoms with Crippen LogP contribution >= 0.6 is 0 Å². The molecule has 30 heavy (non-hydrogen) atoms. The van der Waals surface area contributed by atoms with E-state index in [9.17, 15) is 13.2 Å². The van der Waals surface area contributed by atoms with Gasteiger partial charge in [0, 0.05) is 17.4 Å². The molecule has 2 fully saturated rings. The van der Waals surface area contributed by atoms with Crippen LogP contribution in [0, 0.1) is 17.7 Å². The highest BCUT2D eigenvalue weighted by atomic mass is 19.3. The molecule has 0 aromatic heterocycles. The summed E-state index contributed by atoms with van der Waals surface area (Å²) in [6, 6.07) is 3.71. The first-order valence-corrected chi connectivity index (χ1v) is 10.4. The van der Waals surface area contributed by atoms with Gasteiger partial charge in [-0.2, -0.15) is 8.78 Å². The Balaban J connectivity index is 1.37. The van der Waals surface area contributed by atoms with Crippen molar-refractivity contribution in [1.82, 2.24) is 0 Å². The van der Waals surface area contributed by atoms with Crippen LogP contribution in [0.15, 0.2) is 30.4 Å². The number of hydrogen-bond donors (Lipinski definition) is 0. The van der Waals surface area contributed by atoms with Gasteiger partial charge in [-0.1, -0.05) is 31.6 Å². The zero-order valence-corrected chi connectivity index (χ0v) is 17.1. The van der Waals surface area contributed by atoms with Crippen LogP contribution in [-0.2, 0) is 18.9 Å². The van der Waals surface area contributed by atoms with Crippen LogP contribution in [0.5, 0.6) is 5.75 Å². The molecule has 0 saturated carbocycles. The number of alkyl halides is 2. The zero-order chi connectivity index (χ0) is 21.3. The molecule has 168 valence electrons. The maximum absolute atomic E-state index is 13.9. The van der Waals surface area contributed by atoms with Crippen molar-refractivity contribution >= 4 is 0 Å². The molecule has 8 heteroatoms. The lowest BCUT2D eigenvalue weighted by Crippen LogP contribution is -2.33. The van der Waals surface area contributed by atoms with Gasteiger partial charge in [-0.3, -0.25) is 0 Å². The smallest absolute Gasteiger partial charge is 0.387 e. The number of unbranched alkanes of at least 4 members (excludes halogenated alkanes) is 1. The lowest BCUT2D eigenvalue weighted by Gasteiger charge is -2.32. The molecule has 0 atom stereocenters. The Kier molecular flexibility index (Phi) is 8.99. The summed E-state index contributed by atoms with van der Waals surface area (Å²) in [4.78, 5) is 0. The molecule has 5 nitrogen and oxygen atoms in total. The van der Waals surface area contributed by atoms with Gasteiger partial charge in [0.2, 0.25) is 0 Å². The second-order valence-corrected chi connectivity index (χ2v) is 7.58. The van der Waals surface area contributed by atoms with E-state index < -0.39 is 24.5 Å². The van der Waals surface area contributed by atoms with Gasteiger partial charge < -0.3 is 23.7 Å². The van der Waals surface area contributed by atoms with E-state index in [1.807, 2.05) is 0 Å². The van der Waals surface area contributed by atoms with Gasteiger partial charge in [-0.05, 0) is 31.4 Å². The lowest BCUT2D eigenvalue weighted by molar-refractivity contribution is -0.217. The molecule has 0 amide bonds. The first-order chi connectivity index (χ1) is 14.5. The Hall–Kier alpha value is -1.61. The summed E-state index contributed by atoms with van der Waals surface area (Å²) in [6.45, 7) is 1.32. The fraction of sp³-hybridized carbons (Fsp3) is 0.636. The monoisotopic (exact) mass is 430 g/mol. The fourth-order valence-corrected chi connectivity index (χ4v) is 3.42. The van der Waals surface area contributed by atoms with Crippen LogP contribution in [0.25, 0.3) is 0 Å². The molecule has 0 aliphatic carbocycles. The van der Waals surface area contributed by atoms with Gasteiger partial charge in [0.1, 0.15) is 0 Å². The number of ether oxygens (including phenoxy) is 5. The largest absolute Gasteiger partial charge is 0.432 e. The highest BCUT2D eigenvalue weighted by molar-refractivity contribution is 5.30. The topological polar surface area (TPSA) is 46.2 Å². The first kappa shape index (κ1) is 23.1. The zero-order valence-electron chi connectivity index (χ0n) is 17.1. The SMILES string of the molecule is CCC/C=C/C1COC(CC[C@H]2CO[C@H](c3ccc(OC(F)F)c(F)c3)OC2)OC1. The van der Waals surface area contributed by atoms with E-state index in [2.05, 4.69) is 23.8 Å². The number of allylic oxidation sites excluding steroid dienone is 1. The summed E-state index contributed by atoms with van der Waals surface area (Å²) in [5.74, 6) is -0.885. The van der Waals surface area contributed by atoms with Gasteiger partial charge in [-0.15, -0.1) is 0 Å². The van der Waals surface area contributed by atoms with E-state index >= 15 is 0 Å². The van der Waals surface area contributed by atoms with Crippen molar-refractivity contribution in [1.29, 1.82) is 0 Å². The van der Waals surface area contributed by atoms with E-state index in [1.54, 1.807) is 0 Å². The number of rotatable bonds is 9. The van der Waals surface area contributed by atoms with Crippen LogP contribution < -0.4 is 4.74 Å². The standard InChI is InChI=1S/C22H29F3O5/c1-2-3-4-5-15-11-26-20(27-12-15)9-6-16-13-28-21(29-14-16)17-7-8-19(18(23)10-17)30-22(24)25/h4-5,7-8,10,15-16,20-22H,2-3,6,9,11-14H2,1H3/b5-4+/t15?,16-,20?,21-. The molecule has 0 unspecified atom stereocenters. The molecular weight excluding hydrogens is 401 g/mol. The van der Waals surface area contributed by atoms with Crippen LogP contribution in [0.3, 0.4) is 0 Å². The van der Waals surface area contributed by atoms with Crippen LogP contribution in [-0.4, -0.2) is 39.3 Å². The Bertz CT molecular complexity index is 669. The Morgan fingerprint density at radius 3 is 2.43 bits per heavy atom. The molecule has 0 N–H and O–H groups in total. The predicted molar refractivity (Wildman–Crippen MR) is 104 cm³/mol. The Labute approximate surface area is 175 Å². The summed E-state index contributed by atoms with van der Waals surface area (Å²) in [6.07, 6.45) is 7.18. The molecule has 2 aliphatic heterocycles. The predicted octanol–water partition coefficient (Wildman–Crippen LogP) is 5.21. The third kappa shape index (κ3) is 6.97. The van der Waals surface area contributed by atoms with Crippen molar-refractivity contribution in [2.75, 3.05) is 26.4 Å². The molecule has 2 saturated heterocycles. The molecule has 0 bridgehead atoms. The summed E-state index contributed by atoms with van der Waals surface area (Å²) in [5.41, 5.74) is 0.425. The van der Waals surface area contributed by atoms with Gasteiger partial charge in [-0.25, -0.2) is 4.39 Å². The second-order valence-electron chi connectivity index (χ2n) is 7.58. The maximum Gasteiger partial charge on any atom is 0.387 e. The number of benzene rings is 1. The molecule has 1 aromatic rings. The molecule has 2 heterocycles. The quantitative estimate of drug-likeness (QED) is 0.503. The van der Waals surface area contributed by atoms with Crippen molar-refractivity contribution in [3.8, 4) is 5.75 Å². The number of halogens is 3. The van der Waals surface area contributed by atoms with Crippen molar-refractivity contribution in [3.63, 3.8) is 0 Å². The molecule has 0 spiro atoms. The first-order valence-electron chi connectivity index (χ1n) is 10.4. The Morgan fingerprint density at radius 1 is 1.07 bits per heavy atom. The van der Waals surface area contributed by atoms with Crippen molar-refractivity contribution < 1.29 is 36.9 Å². The van der Waals surface area contributed by atoms with Crippen molar-refractivity contribution in [2.45, 2.75) is 51.8 Å². The van der Waals surface area contributed by atoms with Gasteiger partial charge in [0.05, 0.1) is 26.4 Å². The molecule has 3 rings (SSSR count). The molecule has 0 radical (unpaired) electrons. The van der Waals surface area contributed by atoms with Crippen LogP contribution in [0.2, 0.25) is 0 Å². The van der Waals surface area contributed by atoms with Crippen molar-refractivity contribution in [3.05, 3.63) is 41.7 Å². The van der Waals surface area contributed by atoms with E-state index in [-0.39, 0.29) is 12.2 Å². The van der Waals surface area contributed by atoms with E-state index in [1.165, 1.54) is 6.07 Å². The van der Waals surface area contributed by atoms with Crippen molar-refractivity contribution in [2.24, 2.45) is 11.8 Å². The van der Waals surface area contributed by atoms with E-state index in [0.29, 0.717) is 37.9 Å². The summed E-state index contributed by atoms with van der Waals surface area (Å²) in [7, 11) is 0. The summed E-state index contributed by atoms with van der Waals surface area (Å²) in [5, 5.41) is 0. The minimum absolute atomic E-state index is 0.182. The normalized spacial score (nSPS) is 27.6. The fourth-order valence-electron chi connectivity index (χ4n) is 3.42. The molecular formula is C22H29F3O5. The maximum atomic E-state index is 13.9. The second kappa shape index (κ2) is 11.7. The highest BCUT2D eigenvalue weighted by Crippen LogP contribution is 2.30. The third-order valence-corrected chi connectivity index (χ3v) is 5.08. The third-order valence-electron chi connectivity index (χ3n) is 5.08. The van der Waals surface area contributed by atoms with Gasteiger partial charge in [0.15, 0.2) is 24.1 Å². The molecule has 2 aliphatic rings. The summed E-state index contributed by atoms with van der Waals surface area (Å²) < 4.78 is 65.4. The van der Waals surface area contributed by atoms with Gasteiger partial charge in [0.25, 0.3) is 0 Å². The highest BCUT2D eigenvalue weighted by Gasteiger charge is 2.27. The average Bonchev–Trinajstić information content (AvgIpc) is 2.75. The lowest BCUT2D eigenvalue weighted by atomic mass is 10.0. The van der Waals surface area contributed by atoms with Crippen LogP contribution in [0.1, 0.15) is 44.5 Å².